The van der Waals surface area contributed by atoms with Crippen molar-refractivity contribution in [3.05, 3.63) is 65.7 Å². The van der Waals surface area contributed by atoms with E-state index < -0.39 is 90.6 Å². The summed E-state index contributed by atoms with van der Waals surface area (Å²) in [5.41, 5.74) is 18.1. The Morgan fingerprint density at radius 1 is 0.731 bits per heavy atom. The van der Waals surface area contributed by atoms with Crippen LogP contribution < -0.4 is 49.1 Å². The standard InChI is InChI=1S/C35H49N9O8/c1-19(2)29(35(52)40-24(30(38)47)17-28(37)46)44-34(51)27(18-45)43-33(50)26(16-21-10-12-22(36)13-11-21)42-32(49)25(15-20-7-4-3-5-8-20)41-31(48)23-9-6-14-39-23/h3-5,7-8,10-13,19,23-27,29,39,45H,6,9,14-18,36H2,1-2H3,(H2,37,46)(H2,38,47)(H,40,52)(H,41,48)(H,42,49)(H,43,50)(H,44,51)/t23-,24-,25-,26-,27-,29-/m0/s1. The molecule has 3 rings (SSSR count). The van der Waals surface area contributed by atoms with Crippen molar-refractivity contribution < 1.29 is 38.7 Å². The van der Waals surface area contributed by atoms with Gasteiger partial charge in [-0.2, -0.15) is 0 Å². The van der Waals surface area contributed by atoms with Crippen molar-refractivity contribution in [1.29, 1.82) is 0 Å². The van der Waals surface area contributed by atoms with Gasteiger partial charge in [-0.25, -0.2) is 0 Å². The molecule has 0 spiro atoms. The molecule has 17 heteroatoms. The van der Waals surface area contributed by atoms with Gasteiger partial charge in [-0.15, -0.1) is 0 Å². The second-order valence-electron chi connectivity index (χ2n) is 13.0. The molecule has 7 amide bonds. The van der Waals surface area contributed by atoms with Gasteiger partial charge >= 0.3 is 0 Å². The number of amides is 7. The molecule has 17 nitrogen and oxygen atoms in total. The van der Waals surface area contributed by atoms with Gasteiger partial charge in [-0.1, -0.05) is 56.3 Å². The van der Waals surface area contributed by atoms with Crippen LogP contribution in [0.1, 0.15) is 44.2 Å². The van der Waals surface area contributed by atoms with E-state index in [0.717, 1.165) is 12.0 Å². The Morgan fingerprint density at radius 3 is 1.79 bits per heavy atom. The van der Waals surface area contributed by atoms with Gasteiger partial charge in [0.25, 0.3) is 0 Å². The lowest BCUT2D eigenvalue weighted by Gasteiger charge is -2.28. The molecule has 13 N–H and O–H groups in total. The minimum atomic E-state index is -1.59. The van der Waals surface area contributed by atoms with E-state index in [1.165, 1.54) is 0 Å². The zero-order chi connectivity index (χ0) is 38.4. The lowest BCUT2D eigenvalue weighted by Crippen LogP contribution is -2.61. The second-order valence-corrected chi connectivity index (χ2v) is 13.0. The van der Waals surface area contributed by atoms with Gasteiger partial charge < -0.3 is 54.2 Å². The summed E-state index contributed by atoms with van der Waals surface area (Å²) in [6, 6.07) is 8.45. The van der Waals surface area contributed by atoms with Crippen LogP contribution >= 0.6 is 0 Å². The molecule has 1 aliphatic heterocycles. The van der Waals surface area contributed by atoms with Gasteiger partial charge in [0.05, 0.1) is 19.1 Å². The highest BCUT2D eigenvalue weighted by molar-refractivity contribution is 5.97. The van der Waals surface area contributed by atoms with Crippen LogP contribution in [0.15, 0.2) is 54.6 Å². The van der Waals surface area contributed by atoms with Crippen molar-refractivity contribution in [2.75, 3.05) is 18.9 Å². The normalized spacial score (nSPS) is 16.7. The third kappa shape index (κ3) is 12.6. The van der Waals surface area contributed by atoms with Crippen LogP contribution in [-0.2, 0) is 46.4 Å². The fourth-order valence-electron chi connectivity index (χ4n) is 5.55. The predicted octanol–water partition coefficient (Wildman–Crippen LogP) is -2.76. The number of primary amides is 2. The first-order chi connectivity index (χ1) is 24.7. The van der Waals surface area contributed by atoms with Crippen molar-refractivity contribution in [1.82, 2.24) is 31.9 Å². The molecule has 0 aliphatic carbocycles. The minimum Gasteiger partial charge on any atom is -0.399 e. The highest BCUT2D eigenvalue weighted by atomic mass is 16.3. The maximum Gasteiger partial charge on any atom is 0.245 e. The minimum absolute atomic E-state index is 0.0564. The zero-order valence-electron chi connectivity index (χ0n) is 29.2. The number of hydrogen-bond acceptors (Lipinski definition) is 10. The molecular weight excluding hydrogens is 674 g/mol. The number of benzene rings is 2. The first-order valence-electron chi connectivity index (χ1n) is 17.0. The molecule has 0 unspecified atom stereocenters. The summed E-state index contributed by atoms with van der Waals surface area (Å²) >= 11 is 0. The Kier molecular flexibility index (Phi) is 15.5. The summed E-state index contributed by atoms with van der Waals surface area (Å²) < 4.78 is 0. The molecule has 0 bridgehead atoms. The van der Waals surface area contributed by atoms with Crippen molar-refractivity contribution >= 4 is 47.0 Å². The smallest absolute Gasteiger partial charge is 0.245 e. The maximum atomic E-state index is 13.9. The third-order valence-corrected chi connectivity index (χ3v) is 8.47. The number of carbonyl (C=O) groups is 7. The quantitative estimate of drug-likeness (QED) is 0.0666. The van der Waals surface area contributed by atoms with Gasteiger partial charge in [-0.3, -0.25) is 33.6 Å². The lowest BCUT2D eigenvalue weighted by molar-refractivity contribution is -0.136. The van der Waals surface area contributed by atoms with Crippen LogP contribution in [-0.4, -0.2) is 95.9 Å². The molecule has 0 saturated carbocycles. The van der Waals surface area contributed by atoms with Crippen LogP contribution in [0.3, 0.4) is 0 Å². The topological polar surface area (TPSA) is 290 Å². The molecule has 1 saturated heterocycles. The summed E-state index contributed by atoms with van der Waals surface area (Å²) in [4.78, 5) is 90.2. The molecular formula is C35H49N9O8. The number of carbonyl (C=O) groups excluding carboxylic acids is 7. The van der Waals surface area contributed by atoms with Crippen molar-refractivity contribution in [2.24, 2.45) is 17.4 Å². The van der Waals surface area contributed by atoms with E-state index in [-0.39, 0.29) is 18.7 Å². The maximum absolute atomic E-state index is 13.9. The van der Waals surface area contributed by atoms with Gasteiger partial charge in [0.1, 0.15) is 30.2 Å². The molecule has 0 radical (unpaired) electrons. The third-order valence-electron chi connectivity index (χ3n) is 8.47. The van der Waals surface area contributed by atoms with Crippen LogP contribution in [0.2, 0.25) is 0 Å². The highest BCUT2D eigenvalue weighted by Gasteiger charge is 2.34. The van der Waals surface area contributed by atoms with E-state index >= 15 is 0 Å². The Hall–Kier alpha value is -5.55. The number of anilines is 1. The fraction of sp³-hybridized carbons (Fsp3) is 0.457. The Balaban J connectivity index is 1.81. The number of aliphatic hydroxyl groups excluding tert-OH is 1. The average Bonchev–Trinajstić information content (AvgIpc) is 3.65. The summed E-state index contributed by atoms with van der Waals surface area (Å²) in [6.07, 6.45) is 0.917. The van der Waals surface area contributed by atoms with Crippen LogP contribution in [0, 0.1) is 5.92 Å². The van der Waals surface area contributed by atoms with Crippen molar-refractivity contribution in [3.63, 3.8) is 0 Å². The summed E-state index contributed by atoms with van der Waals surface area (Å²) in [6.45, 7) is 2.97. The second kappa shape index (κ2) is 19.7. The summed E-state index contributed by atoms with van der Waals surface area (Å²) in [5, 5.41) is 26.0. The number of hydrogen-bond donors (Lipinski definition) is 10. The number of aliphatic hydroxyl groups is 1. The number of nitrogens with one attached hydrogen (secondary N) is 6. The number of rotatable bonds is 19. The number of nitrogens with two attached hydrogens (primary N) is 3. The molecule has 52 heavy (non-hydrogen) atoms. The van der Waals surface area contributed by atoms with Crippen LogP contribution in [0.4, 0.5) is 5.69 Å². The molecule has 1 fully saturated rings. The van der Waals surface area contributed by atoms with E-state index in [2.05, 4.69) is 31.9 Å². The Bertz CT molecular complexity index is 1570. The molecule has 0 aromatic heterocycles. The molecule has 1 aliphatic rings. The molecule has 6 atom stereocenters. The average molecular weight is 724 g/mol. The van der Waals surface area contributed by atoms with Crippen molar-refractivity contribution in [2.45, 2.75) is 82.2 Å². The first kappa shape index (κ1) is 40.9. The SMILES string of the molecule is CC(C)[C@H](NC(=O)[C@H](CO)NC(=O)[C@H](Cc1ccc(N)cc1)NC(=O)[C@H](Cc1ccccc1)NC(=O)[C@@H]1CCCN1)C(=O)N[C@@H](CC(N)=O)C(N)=O. The highest BCUT2D eigenvalue weighted by Crippen LogP contribution is 2.12. The van der Waals surface area contributed by atoms with Gasteiger partial charge in [0.2, 0.25) is 41.4 Å². The molecule has 2 aromatic rings. The van der Waals surface area contributed by atoms with E-state index in [0.29, 0.717) is 24.2 Å². The first-order valence-corrected chi connectivity index (χ1v) is 17.0. The van der Waals surface area contributed by atoms with Crippen molar-refractivity contribution in [3.8, 4) is 0 Å². The van der Waals surface area contributed by atoms with E-state index in [1.807, 2.05) is 6.07 Å². The van der Waals surface area contributed by atoms with Gasteiger partial charge in [-0.05, 0) is 48.6 Å². The monoisotopic (exact) mass is 723 g/mol. The largest absolute Gasteiger partial charge is 0.399 e. The molecule has 2 aromatic carbocycles. The van der Waals surface area contributed by atoms with Crippen LogP contribution in [0.25, 0.3) is 0 Å². The fourth-order valence-corrected chi connectivity index (χ4v) is 5.55. The number of nitrogen functional groups attached to an aromatic ring is 1. The van der Waals surface area contributed by atoms with Gasteiger partial charge in [0.15, 0.2) is 0 Å². The van der Waals surface area contributed by atoms with Crippen LogP contribution in [0.5, 0.6) is 0 Å². The van der Waals surface area contributed by atoms with E-state index in [4.69, 9.17) is 17.2 Å². The molecule has 1 heterocycles. The molecule has 282 valence electrons. The predicted molar refractivity (Wildman–Crippen MR) is 190 cm³/mol. The Labute approximate surface area is 301 Å². The zero-order valence-corrected chi connectivity index (χ0v) is 29.2. The lowest BCUT2D eigenvalue weighted by atomic mass is 10.0. The van der Waals surface area contributed by atoms with Gasteiger partial charge in [0, 0.05) is 18.5 Å². The Morgan fingerprint density at radius 2 is 1.27 bits per heavy atom. The van der Waals surface area contributed by atoms with E-state index in [1.54, 1.807) is 62.4 Å². The summed E-state index contributed by atoms with van der Waals surface area (Å²) in [7, 11) is 0. The van der Waals surface area contributed by atoms with E-state index in [9.17, 15) is 38.7 Å². The summed E-state index contributed by atoms with van der Waals surface area (Å²) in [5.74, 6) is -6.14.